The van der Waals surface area contributed by atoms with Crippen molar-refractivity contribution >= 4 is 37.0 Å². The van der Waals surface area contributed by atoms with E-state index < -0.39 is 20.0 Å². The van der Waals surface area contributed by atoms with Crippen LogP contribution in [0.2, 0.25) is 7.35 Å². The van der Waals surface area contributed by atoms with Crippen LogP contribution in [0.3, 0.4) is 0 Å². The Morgan fingerprint density at radius 3 is 1.22 bits per heavy atom. The summed E-state index contributed by atoms with van der Waals surface area (Å²) in [5.74, 6) is 1.56. The Balaban J connectivity index is 0.00000214. The van der Waals surface area contributed by atoms with Crippen molar-refractivity contribution in [3.05, 3.63) is 129 Å². The molecule has 288 valence electrons. The summed E-state index contributed by atoms with van der Waals surface area (Å²) in [5, 5.41) is 0. The molecule has 10 rings (SSSR count). The molecule has 55 heavy (non-hydrogen) atoms. The molecular formula is C52H62Cl2Hf. The third-order valence-electron chi connectivity index (χ3n) is 15.6. The Morgan fingerprint density at radius 2 is 0.836 bits per heavy atom. The first-order valence-corrected chi connectivity index (χ1v) is 30.4. The molecular weight excluding hydrogens is 874 g/mol. The van der Waals surface area contributed by atoms with E-state index in [-0.39, 0.29) is 24.8 Å². The van der Waals surface area contributed by atoms with Crippen LogP contribution in [0, 0.1) is 11.8 Å². The summed E-state index contributed by atoms with van der Waals surface area (Å²) in [7, 11) is 0. The Bertz CT molecular complexity index is 1890. The number of hydrogen-bond acceptors (Lipinski definition) is 0. The first kappa shape index (κ1) is 39.6. The summed E-state index contributed by atoms with van der Waals surface area (Å²) >= 11 is -3.35. The smallest absolute Gasteiger partial charge is 0.147 e. The Morgan fingerprint density at radius 1 is 0.455 bits per heavy atom. The Kier molecular flexibility index (Phi) is 11.9. The Labute approximate surface area is 349 Å². The van der Waals surface area contributed by atoms with Gasteiger partial charge in [0, 0.05) is 0 Å². The van der Waals surface area contributed by atoms with Crippen LogP contribution in [-0.2, 0) is 32.8 Å². The first-order valence-electron chi connectivity index (χ1n) is 22.1. The van der Waals surface area contributed by atoms with Crippen LogP contribution in [0.5, 0.6) is 0 Å². The van der Waals surface area contributed by atoms with E-state index in [2.05, 4.69) is 111 Å². The Hall–Kier alpha value is -2.19. The number of rotatable bonds is 8. The fraction of sp³-hybridized carbons (Fsp3) is 0.462. The molecule has 1 aliphatic heterocycles. The quantitative estimate of drug-likeness (QED) is 0.154. The third-order valence-corrected chi connectivity index (χ3v) is 40.3. The fourth-order valence-corrected chi connectivity index (χ4v) is 48.7. The van der Waals surface area contributed by atoms with Gasteiger partial charge in [0.2, 0.25) is 0 Å². The van der Waals surface area contributed by atoms with Crippen molar-refractivity contribution in [2.75, 3.05) is 0 Å². The minimum Gasteiger partial charge on any atom is -0.147 e. The van der Waals surface area contributed by atoms with Gasteiger partial charge in [0.15, 0.2) is 0 Å². The third kappa shape index (κ3) is 6.67. The van der Waals surface area contributed by atoms with Crippen molar-refractivity contribution in [1.29, 1.82) is 0 Å². The summed E-state index contributed by atoms with van der Waals surface area (Å²) in [6, 6.07) is 34.4. The average molecular weight is 936 g/mol. The van der Waals surface area contributed by atoms with Crippen LogP contribution < -0.4 is 0 Å². The molecule has 0 N–H and O–H groups in total. The molecule has 5 aliphatic carbocycles. The number of benzene rings is 4. The number of fused-ring (bicyclic) bond motifs is 3. The van der Waals surface area contributed by atoms with Crippen molar-refractivity contribution in [2.45, 2.75) is 131 Å². The van der Waals surface area contributed by atoms with Gasteiger partial charge in [-0.1, -0.05) is 0 Å². The van der Waals surface area contributed by atoms with Gasteiger partial charge in [-0.25, -0.2) is 0 Å². The molecule has 4 aromatic carbocycles. The van der Waals surface area contributed by atoms with Crippen molar-refractivity contribution in [3.8, 4) is 22.3 Å². The maximum absolute atomic E-state index is 3.35. The van der Waals surface area contributed by atoms with Crippen LogP contribution in [-0.4, -0.2) is 0 Å². The molecule has 0 nitrogen and oxygen atoms in total. The van der Waals surface area contributed by atoms with Gasteiger partial charge in [-0.05, 0) is 0 Å². The fourth-order valence-electron chi connectivity index (χ4n) is 13.1. The molecule has 3 saturated carbocycles. The summed E-state index contributed by atoms with van der Waals surface area (Å²) in [4.78, 5) is 0. The largest absolute Gasteiger partial charge is 0.147 e. The summed E-state index contributed by atoms with van der Waals surface area (Å²) in [6.45, 7) is 4.56. The van der Waals surface area contributed by atoms with Crippen LogP contribution in [0.4, 0.5) is 0 Å². The molecule has 4 fully saturated rings. The van der Waals surface area contributed by atoms with E-state index in [9.17, 15) is 0 Å². The predicted octanol–water partition coefficient (Wildman–Crippen LogP) is 16.0. The number of allylic oxidation sites excluding steroid dienone is 2. The van der Waals surface area contributed by atoms with Crippen molar-refractivity contribution in [1.82, 2.24) is 0 Å². The SMILES string of the molecule is CCc1ccc(-c2cccc3c2C=C(C2CCCCC2)[CH]3[Hf]2([CH]3C(C4CCCCC4)=Cc4c(-c5ccc(CC)cc5)cccc43)[CH]3CCCC[CH]32)cc1.Cl.Cl. The molecule has 0 aromatic heterocycles. The molecule has 3 heteroatoms. The van der Waals surface area contributed by atoms with Crippen LogP contribution in [0.15, 0.2) is 96.1 Å². The molecule has 1 heterocycles. The second-order valence-corrected chi connectivity index (χ2v) is 34.7. The monoisotopic (exact) mass is 936 g/mol. The van der Waals surface area contributed by atoms with Crippen molar-refractivity contribution in [3.63, 3.8) is 0 Å². The number of aryl methyl sites for hydroxylation is 2. The van der Waals surface area contributed by atoms with Gasteiger partial charge in [-0.15, -0.1) is 24.8 Å². The summed E-state index contributed by atoms with van der Waals surface area (Å²) < 4.78 is 3.59. The second-order valence-electron chi connectivity index (χ2n) is 18.0. The standard InChI is InChI=1S/2C23H25.C6H10.2ClH.Hf/c2*1-2-17-11-13-19(14-12-17)22-10-6-9-20-15-21(16-23(20)22)18-7-4-3-5-8-18;1-2-4-6-5-3-1;;;/h2*6,9-16,18H,2-5,7-8H2,1H3;1-2H,3-6H2;2*1H;. The zero-order valence-electron chi connectivity index (χ0n) is 33.3. The average Bonchev–Trinajstić information content (AvgIpc) is 3.49. The van der Waals surface area contributed by atoms with Gasteiger partial charge < -0.3 is 0 Å². The van der Waals surface area contributed by atoms with E-state index in [1.807, 2.05) is 11.1 Å². The molecule has 6 aliphatic rings. The number of halogens is 2. The van der Waals surface area contributed by atoms with Crippen LogP contribution in [0.1, 0.15) is 144 Å². The van der Waals surface area contributed by atoms with Crippen LogP contribution >= 0.6 is 24.8 Å². The second kappa shape index (κ2) is 16.6. The van der Waals surface area contributed by atoms with Gasteiger partial charge >= 0.3 is 327 Å². The molecule has 0 radical (unpaired) electrons. The van der Waals surface area contributed by atoms with E-state index in [0.29, 0.717) is 0 Å². The molecule has 4 atom stereocenters. The minimum atomic E-state index is -3.35. The summed E-state index contributed by atoms with van der Waals surface area (Å²) in [5.41, 5.74) is 19.4. The van der Waals surface area contributed by atoms with Crippen molar-refractivity contribution < 1.29 is 20.0 Å². The van der Waals surface area contributed by atoms with Gasteiger partial charge in [-0.3, -0.25) is 0 Å². The zero-order valence-corrected chi connectivity index (χ0v) is 38.6. The molecule has 0 bridgehead atoms. The molecule has 0 amide bonds. The molecule has 0 spiro atoms. The summed E-state index contributed by atoms with van der Waals surface area (Å²) in [6.07, 6.45) is 28.1. The van der Waals surface area contributed by atoms with Gasteiger partial charge in [0.1, 0.15) is 0 Å². The van der Waals surface area contributed by atoms with Crippen molar-refractivity contribution in [2.24, 2.45) is 11.8 Å². The zero-order chi connectivity index (χ0) is 35.5. The van der Waals surface area contributed by atoms with Crippen LogP contribution in [0.25, 0.3) is 34.4 Å². The maximum atomic E-state index is 2.86. The molecule has 4 aromatic rings. The van der Waals surface area contributed by atoms with E-state index in [0.717, 1.165) is 39.4 Å². The van der Waals surface area contributed by atoms with Gasteiger partial charge in [-0.2, -0.15) is 0 Å². The molecule has 1 saturated heterocycles. The molecule has 4 unspecified atom stereocenters. The van der Waals surface area contributed by atoms with E-state index in [1.165, 1.54) is 123 Å². The predicted molar refractivity (Wildman–Crippen MR) is 238 cm³/mol. The minimum absolute atomic E-state index is 0. The van der Waals surface area contributed by atoms with Gasteiger partial charge in [0.05, 0.1) is 0 Å². The normalized spacial score (nSPS) is 27.2. The maximum Gasteiger partial charge on any atom is -0.147 e. The number of hydrogen-bond donors (Lipinski definition) is 0. The van der Waals surface area contributed by atoms with Gasteiger partial charge in [0.25, 0.3) is 0 Å². The van der Waals surface area contributed by atoms with E-state index >= 15 is 0 Å². The van der Waals surface area contributed by atoms with E-state index in [4.69, 9.17) is 0 Å². The first-order chi connectivity index (χ1) is 26.2. The van der Waals surface area contributed by atoms with E-state index in [1.54, 1.807) is 22.3 Å². The topological polar surface area (TPSA) is 0 Å².